The van der Waals surface area contributed by atoms with Crippen LogP contribution in [0.3, 0.4) is 0 Å². The number of pyridine rings is 1. The number of nitrogens with zero attached hydrogens (tertiary/aromatic N) is 1. The van der Waals surface area contributed by atoms with Crippen molar-refractivity contribution in [3.05, 3.63) is 29.7 Å². The molecular weight excluding hydrogens is 220 g/mol. The summed E-state index contributed by atoms with van der Waals surface area (Å²) in [5.41, 5.74) is 4.67. The van der Waals surface area contributed by atoms with Crippen molar-refractivity contribution in [3.8, 4) is 0 Å². The number of aryl methyl sites for hydroxylation is 1. The molecule has 0 fully saturated rings. The Morgan fingerprint density at radius 2 is 2.28 bits per heavy atom. The third kappa shape index (κ3) is 1.75. The number of hydrogen-bond acceptors (Lipinski definition) is 1. The third-order valence-electron chi connectivity index (χ3n) is 5.01. The average Bonchev–Trinajstić information content (AvgIpc) is 2.76. The van der Waals surface area contributed by atoms with E-state index in [2.05, 4.69) is 36.8 Å². The van der Waals surface area contributed by atoms with E-state index in [0.717, 1.165) is 5.92 Å². The Balaban J connectivity index is 2.01. The molecule has 2 aromatic heterocycles. The molecule has 0 saturated carbocycles. The first kappa shape index (κ1) is 11.8. The summed E-state index contributed by atoms with van der Waals surface area (Å²) in [5.74, 6) is 0.800. The van der Waals surface area contributed by atoms with E-state index in [1.807, 2.05) is 12.4 Å². The maximum atomic E-state index is 4.28. The number of aromatic amines is 1. The van der Waals surface area contributed by atoms with Crippen molar-refractivity contribution in [1.82, 2.24) is 9.97 Å². The number of H-pyrrole nitrogens is 1. The van der Waals surface area contributed by atoms with Gasteiger partial charge in [0.1, 0.15) is 0 Å². The normalized spacial score (nSPS) is 20.1. The van der Waals surface area contributed by atoms with Crippen molar-refractivity contribution >= 4 is 10.9 Å². The largest absolute Gasteiger partial charge is 0.358 e. The van der Waals surface area contributed by atoms with Crippen LogP contribution in [0.15, 0.2) is 18.5 Å². The molecule has 0 bridgehead atoms. The molecule has 1 unspecified atom stereocenters. The number of nitrogens with one attached hydrogen (secondary N) is 1. The van der Waals surface area contributed by atoms with Gasteiger partial charge in [-0.25, -0.2) is 0 Å². The van der Waals surface area contributed by atoms with Gasteiger partial charge in [0.15, 0.2) is 0 Å². The maximum absolute atomic E-state index is 4.28. The summed E-state index contributed by atoms with van der Waals surface area (Å²) in [6.07, 6.45) is 8.87. The molecular formula is C16H22N2. The minimum atomic E-state index is 0.448. The first-order valence-corrected chi connectivity index (χ1v) is 7.05. The predicted octanol–water partition coefficient (Wildman–Crippen LogP) is 4.10. The second kappa shape index (κ2) is 4.11. The minimum absolute atomic E-state index is 0.448. The highest BCUT2D eigenvalue weighted by Gasteiger charge is 2.32. The second-order valence-electron chi connectivity index (χ2n) is 6.29. The summed E-state index contributed by atoms with van der Waals surface area (Å²) in [5, 5.41) is 1.34. The molecule has 18 heavy (non-hydrogen) atoms. The molecule has 1 N–H and O–H groups in total. The lowest BCUT2D eigenvalue weighted by molar-refractivity contribution is 0.183. The Morgan fingerprint density at radius 1 is 1.44 bits per heavy atom. The summed E-state index contributed by atoms with van der Waals surface area (Å²) in [6.45, 7) is 7.14. The second-order valence-corrected chi connectivity index (χ2v) is 6.29. The summed E-state index contributed by atoms with van der Waals surface area (Å²) >= 11 is 0. The van der Waals surface area contributed by atoms with Gasteiger partial charge < -0.3 is 4.98 Å². The molecule has 0 aromatic carbocycles. The van der Waals surface area contributed by atoms with E-state index >= 15 is 0 Å². The monoisotopic (exact) mass is 242 g/mol. The molecule has 2 nitrogen and oxygen atoms in total. The fourth-order valence-corrected chi connectivity index (χ4v) is 3.21. The molecule has 2 heteroatoms. The smallest absolute Gasteiger partial charge is 0.0490 e. The molecule has 2 heterocycles. The minimum Gasteiger partial charge on any atom is -0.358 e. The fourth-order valence-electron chi connectivity index (χ4n) is 3.21. The van der Waals surface area contributed by atoms with Gasteiger partial charge in [-0.1, -0.05) is 27.2 Å². The van der Waals surface area contributed by atoms with Gasteiger partial charge in [0.2, 0.25) is 0 Å². The lowest BCUT2D eigenvalue weighted by Gasteiger charge is -2.36. The van der Waals surface area contributed by atoms with Gasteiger partial charge in [-0.15, -0.1) is 0 Å². The van der Waals surface area contributed by atoms with Gasteiger partial charge in [-0.3, -0.25) is 4.98 Å². The van der Waals surface area contributed by atoms with Crippen molar-refractivity contribution in [2.75, 3.05) is 0 Å². The fraction of sp³-hybridized carbons (Fsp3) is 0.562. The predicted molar refractivity (Wildman–Crippen MR) is 75.7 cm³/mol. The van der Waals surface area contributed by atoms with Crippen LogP contribution in [0.2, 0.25) is 0 Å². The summed E-state index contributed by atoms with van der Waals surface area (Å²) in [4.78, 5) is 7.85. The number of fused-ring (bicyclic) bond motifs is 3. The molecule has 3 rings (SSSR count). The molecule has 1 aliphatic rings. The Kier molecular flexibility index (Phi) is 2.69. The molecule has 96 valence electrons. The quantitative estimate of drug-likeness (QED) is 0.843. The molecule has 0 amide bonds. The van der Waals surface area contributed by atoms with Crippen molar-refractivity contribution in [2.45, 2.75) is 46.5 Å². The first-order chi connectivity index (χ1) is 8.62. The third-order valence-corrected chi connectivity index (χ3v) is 5.01. The van der Waals surface area contributed by atoms with Gasteiger partial charge in [0.05, 0.1) is 0 Å². The Morgan fingerprint density at radius 3 is 3.06 bits per heavy atom. The van der Waals surface area contributed by atoms with Gasteiger partial charge in [-0.05, 0) is 42.2 Å². The Bertz CT molecular complexity index is 565. The zero-order valence-electron chi connectivity index (χ0n) is 11.6. The van der Waals surface area contributed by atoms with Crippen LogP contribution in [0.5, 0.6) is 0 Å². The number of hydrogen-bond donors (Lipinski definition) is 1. The van der Waals surface area contributed by atoms with E-state index in [1.54, 1.807) is 0 Å². The van der Waals surface area contributed by atoms with Crippen LogP contribution in [0.4, 0.5) is 0 Å². The zero-order chi connectivity index (χ0) is 12.8. The summed E-state index contributed by atoms with van der Waals surface area (Å²) < 4.78 is 0. The van der Waals surface area contributed by atoms with Crippen molar-refractivity contribution in [3.63, 3.8) is 0 Å². The van der Waals surface area contributed by atoms with E-state index in [9.17, 15) is 0 Å². The molecule has 0 radical (unpaired) electrons. The van der Waals surface area contributed by atoms with Crippen LogP contribution >= 0.6 is 0 Å². The van der Waals surface area contributed by atoms with Crippen molar-refractivity contribution in [1.29, 1.82) is 0 Å². The van der Waals surface area contributed by atoms with Crippen LogP contribution in [-0.2, 0) is 12.8 Å². The highest BCUT2D eigenvalue weighted by molar-refractivity contribution is 5.83. The maximum Gasteiger partial charge on any atom is 0.0490 e. The lowest BCUT2D eigenvalue weighted by atomic mass is 9.69. The SMILES string of the molecule is CCC(C)(C)C1CCc2[nH]c3ccncc3c2C1. The van der Waals surface area contributed by atoms with Crippen molar-refractivity contribution < 1.29 is 0 Å². The summed E-state index contributed by atoms with van der Waals surface area (Å²) in [6, 6.07) is 2.09. The van der Waals surface area contributed by atoms with Crippen LogP contribution in [0, 0.1) is 11.3 Å². The first-order valence-electron chi connectivity index (χ1n) is 7.05. The average molecular weight is 242 g/mol. The standard InChI is InChI=1S/C16H22N2/c1-4-16(2,3)11-5-6-14-12(9-11)13-10-17-8-7-15(13)18-14/h7-8,10-11,18H,4-6,9H2,1-3H3. The molecule has 1 atom stereocenters. The van der Waals surface area contributed by atoms with Gasteiger partial charge in [-0.2, -0.15) is 0 Å². The molecule has 1 aliphatic carbocycles. The van der Waals surface area contributed by atoms with Gasteiger partial charge >= 0.3 is 0 Å². The molecule has 0 spiro atoms. The molecule has 0 aliphatic heterocycles. The topological polar surface area (TPSA) is 28.7 Å². The van der Waals surface area contributed by atoms with Crippen molar-refractivity contribution in [2.24, 2.45) is 11.3 Å². The molecule has 0 saturated heterocycles. The van der Waals surface area contributed by atoms with Gasteiger partial charge in [0, 0.05) is 29.0 Å². The zero-order valence-corrected chi connectivity index (χ0v) is 11.6. The van der Waals surface area contributed by atoms with Gasteiger partial charge in [0.25, 0.3) is 0 Å². The Labute approximate surface area is 109 Å². The van der Waals surface area contributed by atoms with Crippen LogP contribution in [-0.4, -0.2) is 9.97 Å². The number of rotatable bonds is 2. The van der Waals surface area contributed by atoms with Crippen LogP contribution < -0.4 is 0 Å². The highest BCUT2D eigenvalue weighted by Crippen LogP contribution is 2.41. The van der Waals surface area contributed by atoms with E-state index in [1.165, 1.54) is 47.8 Å². The number of aromatic nitrogens is 2. The van der Waals surface area contributed by atoms with E-state index < -0.39 is 0 Å². The lowest BCUT2D eigenvalue weighted by Crippen LogP contribution is -2.28. The van der Waals surface area contributed by atoms with Crippen LogP contribution in [0.25, 0.3) is 10.9 Å². The van der Waals surface area contributed by atoms with Crippen LogP contribution in [0.1, 0.15) is 44.9 Å². The van der Waals surface area contributed by atoms with E-state index in [0.29, 0.717) is 5.41 Å². The van der Waals surface area contributed by atoms with E-state index in [-0.39, 0.29) is 0 Å². The van der Waals surface area contributed by atoms with E-state index in [4.69, 9.17) is 0 Å². The molecule has 2 aromatic rings. The summed E-state index contributed by atoms with van der Waals surface area (Å²) in [7, 11) is 0. The highest BCUT2D eigenvalue weighted by atomic mass is 14.7. The Hall–Kier alpha value is -1.31.